The predicted molar refractivity (Wildman–Crippen MR) is 109 cm³/mol. The van der Waals surface area contributed by atoms with E-state index in [2.05, 4.69) is 19.2 Å². The molecule has 0 fully saturated rings. The monoisotopic (exact) mass is 407 g/mol. The van der Waals surface area contributed by atoms with Gasteiger partial charge in [0, 0.05) is 21.3 Å². The summed E-state index contributed by atoms with van der Waals surface area (Å²) in [4.78, 5) is 24.6. The number of hydrogen-bond acceptors (Lipinski definition) is 3. The van der Waals surface area contributed by atoms with E-state index in [9.17, 15) is 9.59 Å². The molecule has 144 valence electrons. The number of carbonyl (C=O) groups excluding carboxylic acids is 2. The van der Waals surface area contributed by atoms with Gasteiger partial charge in [0.15, 0.2) is 6.10 Å². The molecule has 4 nitrogen and oxygen atoms in total. The van der Waals surface area contributed by atoms with Crippen molar-refractivity contribution in [1.29, 1.82) is 0 Å². The molecule has 0 spiro atoms. The largest absolute Gasteiger partial charge is 0.452 e. The lowest BCUT2D eigenvalue weighted by Crippen LogP contribution is -2.31. The number of ether oxygens (including phenoxy) is 1. The Hall–Kier alpha value is -2.04. The van der Waals surface area contributed by atoms with Crippen molar-refractivity contribution in [3.63, 3.8) is 0 Å². The highest BCUT2D eigenvalue weighted by Gasteiger charge is 2.21. The van der Waals surface area contributed by atoms with Crippen LogP contribution in [0.5, 0.6) is 0 Å². The van der Waals surface area contributed by atoms with E-state index < -0.39 is 12.1 Å². The van der Waals surface area contributed by atoms with Gasteiger partial charge in [-0.1, -0.05) is 61.3 Å². The number of rotatable bonds is 7. The topological polar surface area (TPSA) is 55.4 Å². The Morgan fingerprint density at radius 1 is 1.04 bits per heavy atom. The summed E-state index contributed by atoms with van der Waals surface area (Å²) < 4.78 is 5.26. The van der Waals surface area contributed by atoms with Crippen molar-refractivity contribution in [3.05, 3.63) is 63.6 Å². The van der Waals surface area contributed by atoms with E-state index in [0.717, 1.165) is 17.7 Å². The summed E-state index contributed by atoms with van der Waals surface area (Å²) in [5.74, 6) is -0.644. The van der Waals surface area contributed by atoms with Gasteiger partial charge >= 0.3 is 5.97 Å². The van der Waals surface area contributed by atoms with Crippen LogP contribution in [0.1, 0.15) is 44.2 Å². The van der Waals surface area contributed by atoms with Crippen molar-refractivity contribution >= 4 is 40.8 Å². The Kier molecular flexibility index (Phi) is 7.69. The number of para-hydroxylation sites is 1. The fourth-order valence-electron chi connectivity index (χ4n) is 2.63. The highest BCUT2D eigenvalue weighted by molar-refractivity contribution is 6.36. The van der Waals surface area contributed by atoms with E-state index in [-0.39, 0.29) is 12.3 Å². The van der Waals surface area contributed by atoms with Crippen LogP contribution in [0.25, 0.3) is 0 Å². The van der Waals surface area contributed by atoms with Crippen molar-refractivity contribution in [3.8, 4) is 0 Å². The Morgan fingerprint density at radius 3 is 2.30 bits per heavy atom. The molecule has 0 aromatic heterocycles. The minimum atomic E-state index is -0.941. The number of anilines is 1. The first kappa shape index (κ1) is 21.3. The van der Waals surface area contributed by atoms with Gasteiger partial charge in [0.2, 0.25) is 0 Å². The Morgan fingerprint density at radius 2 is 1.67 bits per heavy atom. The zero-order chi connectivity index (χ0) is 20.0. The first-order valence-electron chi connectivity index (χ1n) is 8.85. The maximum Gasteiger partial charge on any atom is 0.311 e. The molecule has 2 rings (SSSR count). The van der Waals surface area contributed by atoms with Gasteiger partial charge in [-0.05, 0) is 43.0 Å². The maximum atomic E-state index is 12.5. The number of nitrogens with one attached hydrogen (secondary N) is 1. The van der Waals surface area contributed by atoms with E-state index in [4.69, 9.17) is 27.9 Å². The van der Waals surface area contributed by atoms with E-state index in [1.807, 2.05) is 24.3 Å². The summed E-state index contributed by atoms with van der Waals surface area (Å²) in [5, 5.41) is 3.63. The number of amides is 1. The summed E-state index contributed by atoms with van der Waals surface area (Å²) in [6.45, 7) is 5.72. The Balaban J connectivity index is 2.01. The SMILES string of the molecule is CC[C@@H](C)c1ccccc1NC(=O)[C@H](C)OC(=O)Cc1c(Cl)cccc1Cl. The third kappa shape index (κ3) is 5.72. The molecule has 0 saturated heterocycles. The molecule has 0 aliphatic rings. The highest BCUT2D eigenvalue weighted by atomic mass is 35.5. The molecule has 6 heteroatoms. The summed E-state index contributed by atoms with van der Waals surface area (Å²) in [6, 6.07) is 12.6. The van der Waals surface area contributed by atoms with Gasteiger partial charge in [-0.3, -0.25) is 9.59 Å². The van der Waals surface area contributed by atoms with Crippen LogP contribution in [0.2, 0.25) is 10.0 Å². The zero-order valence-corrected chi connectivity index (χ0v) is 17.1. The van der Waals surface area contributed by atoms with Crippen LogP contribution in [-0.2, 0) is 20.7 Å². The third-order valence-corrected chi connectivity index (χ3v) is 5.13. The van der Waals surface area contributed by atoms with Crippen molar-refractivity contribution in [2.45, 2.75) is 45.6 Å². The molecule has 2 atom stereocenters. The molecule has 27 heavy (non-hydrogen) atoms. The first-order valence-corrected chi connectivity index (χ1v) is 9.61. The smallest absolute Gasteiger partial charge is 0.311 e. The number of hydrogen-bond donors (Lipinski definition) is 1. The van der Waals surface area contributed by atoms with Gasteiger partial charge in [0.1, 0.15) is 0 Å². The fourth-order valence-corrected chi connectivity index (χ4v) is 3.16. The predicted octanol–water partition coefficient (Wildman–Crippen LogP) is 5.62. The van der Waals surface area contributed by atoms with Crippen LogP contribution in [0.3, 0.4) is 0 Å². The lowest BCUT2D eigenvalue weighted by Gasteiger charge is -2.18. The minimum absolute atomic E-state index is 0.0976. The average molecular weight is 408 g/mol. The van der Waals surface area contributed by atoms with Gasteiger partial charge < -0.3 is 10.1 Å². The second-order valence-corrected chi connectivity index (χ2v) is 7.21. The fraction of sp³-hybridized carbons (Fsp3) is 0.333. The van der Waals surface area contributed by atoms with Crippen molar-refractivity contribution < 1.29 is 14.3 Å². The molecule has 0 unspecified atom stereocenters. The van der Waals surface area contributed by atoms with Gasteiger partial charge in [0.25, 0.3) is 5.91 Å². The lowest BCUT2D eigenvalue weighted by molar-refractivity contribution is -0.152. The van der Waals surface area contributed by atoms with Crippen LogP contribution in [0.4, 0.5) is 5.69 Å². The van der Waals surface area contributed by atoms with E-state index >= 15 is 0 Å². The number of halogens is 2. The minimum Gasteiger partial charge on any atom is -0.452 e. The zero-order valence-electron chi connectivity index (χ0n) is 15.6. The third-order valence-electron chi connectivity index (χ3n) is 4.42. The molecule has 0 radical (unpaired) electrons. The molecule has 1 amide bonds. The van der Waals surface area contributed by atoms with Crippen LogP contribution in [0.15, 0.2) is 42.5 Å². The number of benzene rings is 2. The Bertz CT molecular complexity index is 803. The summed E-state index contributed by atoms with van der Waals surface area (Å²) in [5.41, 5.74) is 2.27. The summed E-state index contributed by atoms with van der Waals surface area (Å²) in [7, 11) is 0. The van der Waals surface area contributed by atoms with Gasteiger partial charge in [-0.15, -0.1) is 0 Å². The maximum absolute atomic E-state index is 12.5. The van der Waals surface area contributed by atoms with Crippen molar-refractivity contribution in [2.24, 2.45) is 0 Å². The summed E-state index contributed by atoms with van der Waals surface area (Å²) in [6.07, 6.45) is -0.0842. The number of esters is 1. The molecule has 2 aromatic carbocycles. The van der Waals surface area contributed by atoms with E-state index in [0.29, 0.717) is 21.5 Å². The standard InChI is InChI=1S/C21H23Cl2NO3/c1-4-13(2)15-8-5-6-11-19(15)24-21(26)14(3)27-20(25)12-16-17(22)9-7-10-18(16)23/h5-11,13-14H,4,12H2,1-3H3,(H,24,26)/t13-,14+/m1/s1. The summed E-state index contributed by atoms with van der Waals surface area (Å²) >= 11 is 12.1. The van der Waals surface area contributed by atoms with Gasteiger partial charge in [0.05, 0.1) is 6.42 Å². The Labute approximate surface area is 169 Å². The molecule has 0 bridgehead atoms. The van der Waals surface area contributed by atoms with Crippen LogP contribution in [-0.4, -0.2) is 18.0 Å². The molecule has 0 saturated carbocycles. The first-order chi connectivity index (χ1) is 12.8. The van der Waals surface area contributed by atoms with Crippen LogP contribution < -0.4 is 5.32 Å². The van der Waals surface area contributed by atoms with Crippen LogP contribution in [0, 0.1) is 0 Å². The van der Waals surface area contributed by atoms with Crippen molar-refractivity contribution in [1.82, 2.24) is 0 Å². The molecular weight excluding hydrogens is 385 g/mol. The molecule has 0 aliphatic carbocycles. The van der Waals surface area contributed by atoms with Crippen LogP contribution >= 0.6 is 23.2 Å². The molecular formula is C21H23Cl2NO3. The quantitative estimate of drug-likeness (QED) is 0.605. The van der Waals surface area contributed by atoms with E-state index in [1.54, 1.807) is 18.2 Å². The molecule has 2 aromatic rings. The average Bonchev–Trinajstić information content (AvgIpc) is 2.64. The van der Waals surface area contributed by atoms with Gasteiger partial charge in [-0.2, -0.15) is 0 Å². The second-order valence-electron chi connectivity index (χ2n) is 6.39. The van der Waals surface area contributed by atoms with E-state index in [1.165, 1.54) is 6.92 Å². The van der Waals surface area contributed by atoms with Gasteiger partial charge in [-0.25, -0.2) is 0 Å². The molecule has 1 N–H and O–H groups in total. The second kappa shape index (κ2) is 9.77. The number of carbonyl (C=O) groups is 2. The highest BCUT2D eigenvalue weighted by Crippen LogP contribution is 2.27. The molecule has 0 heterocycles. The molecule has 0 aliphatic heterocycles. The van der Waals surface area contributed by atoms with Crippen molar-refractivity contribution in [2.75, 3.05) is 5.32 Å². The lowest BCUT2D eigenvalue weighted by atomic mass is 9.97. The normalized spacial score (nSPS) is 12.9.